The van der Waals surface area contributed by atoms with Gasteiger partial charge >= 0.3 is 0 Å². The van der Waals surface area contributed by atoms with Crippen LogP contribution in [0.1, 0.15) is 29.9 Å². The highest BCUT2D eigenvalue weighted by molar-refractivity contribution is 6.30. The van der Waals surface area contributed by atoms with E-state index in [9.17, 15) is 5.11 Å². The number of aryl methyl sites for hydroxylation is 1. The van der Waals surface area contributed by atoms with E-state index in [1.54, 1.807) is 0 Å². The summed E-state index contributed by atoms with van der Waals surface area (Å²) in [5.74, 6) is 0.879. The molecule has 1 aromatic heterocycles. The van der Waals surface area contributed by atoms with Crippen LogP contribution in [0, 0.1) is 6.92 Å². The minimum absolute atomic E-state index is 0. The Balaban J connectivity index is 0.00000176. The molecule has 4 nitrogen and oxygen atoms in total. The molecule has 0 bridgehead atoms. The number of benzene rings is 1. The van der Waals surface area contributed by atoms with Gasteiger partial charge in [0.1, 0.15) is 0 Å². The summed E-state index contributed by atoms with van der Waals surface area (Å²) < 4.78 is 5.25. The maximum absolute atomic E-state index is 10.8. The van der Waals surface area contributed by atoms with Gasteiger partial charge in [-0.25, -0.2) is 0 Å². The molecular formula is C16H20Cl2N2O2. The molecule has 0 unspecified atom stereocenters. The maximum Gasteiger partial charge on any atom is 0.150 e. The topological polar surface area (TPSA) is 49.5 Å². The molecule has 1 aliphatic rings. The molecule has 3 rings (SSSR count). The average Bonchev–Trinajstić information content (AvgIpc) is 2.88. The molecule has 6 heteroatoms. The molecule has 0 spiro atoms. The quantitative estimate of drug-likeness (QED) is 0.926. The molecule has 0 atom stereocenters. The van der Waals surface area contributed by atoms with Crippen LogP contribution in [0.25, 0.3) is 0 Å². The van der Waals surface area contributed by atoms with Gasteiger partial charge in [-0.3, -0.25) is 4.90 Å². The van der Waals surface area contributed by atoms with Crippen molar-refractivity contribution in [1.82, 2.24) is 10.1 Å². The van der Waals surface area contributed by atoms with Crippen LogP contribution in [0.5, 0.6) is 0 Å². The standard InChI is InChI=1S/C16H19ClN2O2.ClH/c1-12-10-15(21-18-12)11-19-8-6-16(20,7-9-19)13-2-4-14(17)5-3-13;/h2-5,10,20H,6-9,11H2,1H3;1H. The monoisotopic (exact) mass is 342 g/mol. The second-order valence-electron chi connectivity index (χ2n) is 5.75. The fourth-order valence-electron chi connectivity index (χ4n) is 2.84. The molecule has 0 amide bonds. The summed E-state index contributed by atoms with van der Waals surface area (Å²) in [5.41, 5.74) is 1.10. The fourth-order valence-corrected chi connectivity index (χ4v) is 2.97. The van der Waals surface area contributed by atoms with Gasteiger partial charge in [0, 0.05) is 24.2 Å². The van der Waals surface area contributed by atoms with Crippen LogP contribution in [-0.4, -0.2) is 28.3 Å². The van der Waals surface area contributed by atoms with Gasteiger partial charge in [-0.05, 0) is 37.5 Å². The summed E-state index contributed by atoms with van der Waals surface area (Å²) in [6, 6.07) is 9.45. The summed E-state index contributed by atoms with van der Waals surface area (Å²) in [6.07, 6.45) is 1.42. The largest absolute Gasteiger partial charge is 0.385 e. The molecule has 2 heterocycles. The first-order valence-electron chi connectivity index (χ1n) is 7.18. The van der Waals surface area contributed by atoms with Crippen LogP contribution >= 0.6 is 24.0 Å². The maximum atomic E-state index is 10.8. The average molecular weight is 343 g/mol. The number of piperidine rings is 1. The lowest BCUT2D eigenvalue weighted by molar-refractivity contribution is -0.0292. The first kappa shape index (κ1) is 17.3. The Morgan fingerprint density at radius 2 is 1.91 bits per heavy atom. The summed E-state index contributed by atoms with van der Waals surface area (Å²) in [7, 11) is 0. The van der Waals surface area contributed by atoms with Gasteiger partial charge in [0.15, 0.2) is 5.76 Å². The fraction of sp³-hybridized carbons (Fsp3) is 0.438. The van der Waals surface area contributed by atoms with Crippen molar-refractivity contribution in [1.29, 1.82) is 0 Å². The Labute approximate surface area is 141 Å². The molecule has 120 valence electrons. The van der Waals surface area contributed by atoms with Crippen molar-refractivity contribution >= 4 is 24.0 Å². The zero-order valence-corrected chi connectivity index (χ0v) is 14.0. The van der Waals surface area contributed by atoms with E-state index in [0.29, 0.717) is 17.9 Å². The summed E-state index contributed by atoms with van der Waals surface area (Å²) >= 11 is 5.91. The van der Waals surface area contributed by atoms with E-state index in [0.717, 1.165) is 36.7 Å². The van der Waals surface area contributed by atoms with Gasteiger partial charge in [-0.1, -0.05) is 28.9 Å². The third-order valence-electron chi connectivity index (χ3n) is 4.12. The van der Waals surface area contributed by atoms with E-state index < -0.39 is 5.60 Å². The summed E-state index contributed by atoms with van der Waals surface area (Å²) in [4.78, 5) is 2.28. The van der Waals surface area contributed by atoms with Crippen molar-refractivity contribution in [3.8, 4) is 0 Å². The first-order valence-corrected chi connectivity index (χ1v) is 7.56. The number of nitrogens with zero attached hydrogens (tertiary/aromatic N) is 2. The first-order chi connectivity index (χ1) is 10.0. The van der Waals surface area contributed by atoms with Gasteiger partial charge in [0.25, 0.3) is 0 Å². The number of aliphatic hydroxyl groups is 1. The lowest BCUT2D eigenvalue weighted by Gasteiger charge is -2.38. The zero-order valence-electron chi connectivity index (χ0n) is 12.5. The highest BCUT2D eigenvalue weighted by Gasteiger charge is 2.34. The summed E-state index contributed by atoms with van der Waals surface area (Å²) in [6.45, 7) is 4.33. The van der Waals surface area contributed by atoms with Gasteiger partial charge in [-0.2, -0.15) is 0 Å². The predicted octanol–water partition coefficient (Wildman–Crippen LogP) is 3.54. The third kappa shape index (κ3) is 3.82. The second-order valence-corrected chi connectivity index (χ2v) is 6.19. The highest BCUT2D eigenvalue weighted by atomic mass is 35.5. The Kier molecular flexibility index (Phi) is 5.50. The predicted molar refractivity (Wildman–Crippen MR) is 88.3 cm³/mol. The van der Waals surface area contributed by atoms with Crippen LogP contribution < -0.4 is 0 Å². The third-order valence-corrected chi connectivity index (χ3v) is 4.37. The number of halogens is 2. The Morgan fingerprint density at radius 3 is 2.45 bits per heavy atom. The number of aromatic nitrogens is 1. The molecule has 0 radical (unpaired) electrons. The van der Waals surface area contributed by atoms with E-state index >= 15 is 0 Å². The van der Waals surface area contributed by atoms with Crippen molar-refractivity contribution < 1.29 is 9.63 Å². The SMILES string of the molecule is Cc1cc(CN2CCC(O)(c3ccc(Cl)cc3)CC2)on1.Cl. The van der Waals surface area contributed by atoms with Gasteiger partial charge in [-0.15, -0.1) is 12.4 Å². The number of hydrogen-bond donors (Lipinski definition) is 1. The molecule has 1 saturated heterocycles. The van der Waals surface area contributed by atoms with Crippen molar-refractivity contribution in [2.75, 3.05) is 13.1 Å². The minimum Gasteiger partial charge on any atom is -0.385 e. The molecular weight excluding hydrogens is 323 g/mol. The normalized spacial score (nSPS) is 18.0. The molecule has 1 N–H and O–H groups in total. The molecule has 1 aliphatic heterocycles. The van der Waals surface area contributed by atoms with Crippen molar-refractivity contribution in [3.05, 3.63) is 52.4 Å². The molecule has 1 fully saturated rings. The van der Waals surface area contributed by atoms with E-state index in [1.807, 2.05) is 37.3 Å². The van der Waals surface area contributed by atoms with Crippen LogP contribution in [0.3, 0.4) is 0 Å². The van der Waals surface area contributed by atoms with Gasteiger partial charge < -0.3 is 9.63 Å². The minimum atomic E-state index is -0.752. The smallest absolute Gasteiger partial charge is 0.150 e. The number of hydrogen-bond acceptors (Lipinski definition) is 4. The molecule has 1 aromatic carbocycles. The highest BCUT2D eigenvalue weighted by Crippen LogP contribution is 2.33. The van der Waals surface area contributed by atoms with Crippen LogP contribution in [0.4, 0.5) is 0 Å². The van der Waals surface area contributed by atoms with Crippen molar-refractivity contribution in [2.24, 2.45) is 0 Å². The zero-order chi connectivity index (χ0) is 14.9. The molecule has 22 heavy (non-hydrogen) atoms. The molecule has 2 aromatic rings. The van der Waals surface area contributed by atoms with E-state index in [1.165, 1.54) is 0 Å². The van der Waals surface area contributed by atoms with Crippen molar-refractivity contribution in [2.45, 2.75) is 31.9 Å². The van der Waals surface area contributed by atoms with E-state index in [4.69, 9.17) is 16.1 Å². The number of rotatable bonds is 3. The number of likely N-dealkylation sites (tertiary alicyclic amines) is 1. The summed E-state index contributed by atoms with van der Waals surface area (Å²) in [5, 5.41) is 15.4. The van der Waals surface area contributed by atoms with Crippen LogP contribution in [0.2, 0.25) is 5.02 Å². The Bertz CT molecular complexity index is 605. The molecule has 0 saturated carbocycles. The molecule has 0 aliphatic carbocycles. The Morgan fingerprint density at radius 1 is 1.27 bits per heavy atom. The van der Waals surface area contributed by atoms with E-state index in [2.05, 4.69) is 10.1 Å². The Hall–Kier alpha value is -1.07. The van der Waals surface area contributed by atoms with Crippen LogP contribution in [0.15, 0.2) is 34.9 Å². The van der Waals surface area contributed by atoms with E-state index in [-0.39, 0.29) is 12.4 Å². The second kappa shape index (κ2) is 7.01. The van der Waals surface area contributed by atoms with Crippen LogP contribution in [-0.2, 0) is 12.1 Å². The van der Waals surface area contributed by atoms with Crippen molar-refractivity contribution in [3.63, 3.8) is 0 Å². The lowest BCUT2D eigenvalue weighted by atomic mass is 9.84. The lowest BCUT2D eigenvalue weighted by Crippen LogP contribution is -2.42. The van der Waals surface area contributed by atoms with Gasteiger partial charge in [0.05, 0.1) is 17.8 Å². The van der Waals surface area contributed by atoms with Gasteiger partial charge in [0.2, 0.25) is 0 Å².